The van der Waals surface area contributed by atoms with Crippen molar-refractivity contribution in [3.63, 3.8) is 0 Å². The van der Waals surface area contributed by atoms with E-state index in [-0.39, 0.29) is 29.3 Å². The fourth-order valence-corrected chi connectivity index (χ4v) is 6.25. The first-order chi connectivity index (χ1) is 15.0. The molecule has 1 aliphatic heterocycles. The minimum atomic E-state index is -0.505. The van der Waals surface area contributed by atoms with Gasteiger partial charge in [0.25, 0.3) is 5.69 Å². The van der Waals surface area contributed by atoms with E-state index in [1.165, 1.54) is 23.1 Å². The minimum absolute atomic E-state index is 0.105. The molecule has 7 rings (SSSR count). The summed E-state index contributed by atoms with van der Waals surface area (Å²) in [5, 5.41) is 11.1. The molecule has 3 aliphatic carbocycles. The SMILES string of the molecule is O=C1[C@H]2C3c4ccccc4C(c4ccccc43)[C@@H]2C(=O)N1c1ccc([N+](=O)[O-])cc1Br. The first-order valence-corrected chi connectivity index (χ1v) is 10.8. The number of rotatable bonds is 2. The molecule has 1 heterocycles. The van der Waals surface area contributed by atoms with Crippen LogP contribution in [0.15, 0.2) is 71.2 Å². The molecule has 2 bridgehead atoms. The molecule has 152 valence electrons. The van der Waals surface area contributed by atoms with Crippen LogP contribution in [0, 0.1) is 22.0 Å². The third-order valence-corrected chi connectivity index (χ3v) is 7.47. The van der Waals surface area contributed by atoms with Crippen molar-refractivity contribution in [2.75, 3.05) is 4.90 Å². The lowest BCUT2D eigenvalue weighted by molar-refractivity contribution is -0.384. The van der Waals surface area contributed by atoms with Gasteiger partial charge in [-0.2, -0.15) is 0 Å². The second kappa shape index (κ2) is 6.34. The predicted octanol–water partition coefficient (Wildman–Crippen LogP) is 4.75. The van der Waals surface area contributed by atoms with E-state index in [0.29, 0.717) is 10.2 Å². The first-order valence-electron chi connectivity index (χ1n) is 9.98. The number of imide groups is 1. The van der Waals surface area contributed by atoms with Crippen LogP contribution in [0.5, 0.6) is 0 Å². The summed E-state index contributed by atoms with van der Waals surface area (Å²) in [6.07, 6.45) is 0. The number of nitrogens with zero attached hydrogens (tertiary/aromatic N) is 2. The van der Waals surface area contributed by atoms with E-state index in [0.717, 1.165) is 22.3 Å². The molecule has 2 atom stereocenters. The van der Waals surface area contributed by atoms with Crippen LogP contribution in [0.3, 0.4) is 0 Å². The molecule has 0 aromatic heterocycles. The molecule has 2 amide bonds. The highest BCUT2D eigenvalue weighted by molar-refractivity contribution is 9.10. The van der Waals surface area contributed by atoms with Crippen LogP contribution >= 0.6 is 15.9 Å². The second-order valence-electron chi connectivity index (χ2n) is 8.17. The van der Waals surface area contributed by atoms with E-state index < -0.39 is 16.8 Å². The number of nitro benzene ring substituents is 1. The summed E-state index contributed by atoms with van der Waals surface area (Å²) >= 11 is 3.33. The molecule has 0 saturated carbocycles. The number of halogens is 1. The van der Waals surface area contributed by atoms with E-state index in [2.05, 4.69) is 40.2 Å². The van der Waals surface area contributed by atoms with Gasteiger partial charge in [0.05, 0.1) is 22.4 Å². The fourth-order valence-electron chi connectivity index (χ4n) is 5.71. The molecule has 7 heteroatoms. The lowest BCUT2D eigenvalue weighted by Gasteiger charge is -2.45. The van der Waals surface area contributed by atoms with Crippen LogP contribution in [-0.2, 0) is 9.59 Å². The highest BCUT2D eigenvalue weighted by Crippen LogP contribution is 2.61. The Hall–Kier alpha value is -3.32. The minimum Gasteiger partial charge on any atom is -0.274 e. The number of benzene rings is 3. The maximum absolute atomic E-state index is 13.7. The van der Waals surface area contributed by atoms with E-state index in [4.69, 9.17) is 0 Å². The molecule has 3 aromatic rings. The van der Waals surface area contributed by atoms with E-state index in [1.54, 1.807) is 0 Å². The normalized spacial score (nSPS) is 25.3. The molecular formula is C24H15BrN2O4. The highest BCUT2D eigenvalue weighted by atomic mass is 79.9. The van der Waals surface area contributed by atoms with Gasteiger partial charge in [0, 0.05) is 28.4 Å². The topological polar surface area (TPSA) is 80.5 Å². The summed E-state index contributed by atoms with van der Waals surface area (Å²) in [6, 6.07) is 20.2. The lowest BCUT2D eigenvalue weighted by atomic mass is 9.55. The Labute approximate surface area is 185 Å². The predicted molar refractivity (Wildman–Crippen MR) is 117 cm³/mol. The third kappa shape index (κ3) is 2.32. The molecule has 0 unspecified atom stereocenters. The van der Waals surface area contributed by atoms with Crippen molar-refractivity contribution < 1.29 is 14.5 Å². The number of anilines is 1. The number of hydrogen-bond donors (Lipinski definition) is 0. The molecule has 1 fully saturated rings. The van der Waals surface area contributed by atoms with Crippen molar-refractivity contribution in [2.45, 2.75) is 11.8 Å². The summed E-state index contributed by atoms with van der Waals surface area (Å²) in [5.74, 6) is -1.82. The Morgan fingerprint density at radius 3 is 1.61 bits per heavy atom. The Bertz CT molecular complexity index is 1200. The number of non-ortho nitro benzene ring substituents is 1. The van der Waals surface area contributed by atoms with Crippen LogP contribution in [-0.4, -0.2) is 16.7 Å². The summed E-state index contributed by atoms with van der Waals surface area (Å²) in [4.78, 5) is 39.2. The van der Waals surface area contributed by atoms with Gasteiger partial charge in [-0.3, -0.25) is 19.7 Å². The molecule has 0 radical (unpaired) electrons. The molecule has 6 nitrogen and oxygen atoms in total. The third-order valence-electron chi connectivity index (χ3n) is 6.83. The summed E-state index contributed by atoms with van der Waals surface area (Å²) < 4.78 is 0.351. The van der Waals surface area contributed by atoms with Crippen molar-refractivity contribution in [3.8, 4) is 0 Å². The maximum atomic E-state index is 13.7. The van der Waals surface area contributed by atoms with E-state index in [1.807, 2.05) is 24.3 Å². The van der Waals surface area contributed by atoms with Gasteiger partial charge in [0.1, 0.15) is 0 Å². The molecule has 0 spiro atoms. The summed E-state index contributed by atoms with van der Waals surface area (Å²) in [7, 11) is 0. The highest BCUT2D eigenvalue weighted by Gasteiger charge is 2.61. The number of hydrogen-bond acceptors (Lipinski definition) is 4. The number of carbonyl (C=O) groups excluding carboxylic acids is 2. The van der Waals surface area contributed by atoms with Gasteiger partial charge in [0.2, 0.25) is 11.8 Å². The van der Waals surface area contributed by atoms with Gasteiger partial charge in [-0.25, -0.2) is 4.90 Å². The number of carbonyl (C=O) groups is 2. The molecular weight excluding hydrogens is 460 g/mol. The average molecular weight is 475 g/mol. The van der Waals surface area contributed by atoms with E-state index in [9.17, 15) is 19.7 Å². The molecule has 1 saturated heterocycles. The molecule has 0 N–H and O–H groups in total. The van der Waals surface area contributed by atoms with Gasteiger partial charge in [-0.05, 0) is 44.3 Å². The molecule has 31 heavy (non-hydrogen) atoms. The molecule has 3 aromatic carbocycles. The zero-order valence-electron chi connectivity index (χ0n) is 16.1. The van der Waals surface area contributed by atoms with Gasteiger partial charge in [-0.15, -0.1) is 0 Å². The first kappa shape index (κ1) is 18.4. The average Bonchev–Trinajstić information content (AvgIpc) is 3.04. The Balaban J connectivity index is 1.53. The van der Waals surface area contributed by atoms with Gasteiger partial charge in [-0.1, -0.05) is 48.5 Å². The zero-order valence-corrected chi connectivity index (χ0v) is 17.7. The second-order valence-corrected chi connectivity index (χ2v) is 9.02. The Morgan fingerprint density at radius 1 is 0.774 bits per heavy atom. The van der Waals surface area contributed by atoms with Crippen molar-refractivity contribution in [1.82, 2.24) is 0 Å². The van der Waals surface area contributed by atoms with Crippen LogP contribution in [0.4, 0.5) is 11.4 Å². The van der Waals surface area contributed by atoms with Crippen molar-refractivity contribution in [1.29, 1.82) is 0 Å². The molecule has 4 aliphatic rings. The van der Waals surface area contributed by atoms with Gasteiger partial charge in [0.15, 0.2) is 0 Å². The van der Waals surface area contributed by atoms with Gasteiger partial charge >= 0.3 is 0 Å². The Morgan fingerprint density at radius 2 is 1.23 bits per heavy atom. The van der Waals surface area contributed by atoms with Crippen LogP contribution in [0.2, 0.25) is 0 Å². The summed E-state index contributed by atoms with van der Waals surface area (Å²) in [5.41, 5.74) is 4.68. The fraction of sp³-hybridized carbons (Fsp3) is 0.167. The lowest BCUT2D eigenvalue weighted by Crippen LogP contribution is -2.41. The number of amides is 2. The maximum Gasteiger partial charge on any atom is 0.270 e. The quantitative estimate of drug-likeness (QED) is 0.304. The number of nitro groups is 1. The smallest absolute Gasteiger partial charge is 0.270 e. The van der Waals surface area contributed by atoms with Crippen LogP contribution in [0.1, 0.15) is 34.1 Å². The largest absolute Gasteiger partial charge is 0.274 e. The standard InChI is InChI=1S/C24H15BrN2O4/c25-17-11-12(27(30)31)9-10-18(17)26-23(28)21-19-13-5-1-2-6-14(13)20(22(21)24(26)29)16-8-4-3-7-15(16)19/h1-11,19-22H/t19?,20?,21-,22-/m0/s1. The van der Waals surface area contributed by atoms with E-state index >= 15 is 0 Å². The van der Waals surface area contributed by atoms with Crippen molar-refractivity contribution >= 4 is 39.1 Å². The van der Waals surface area contributed by atoms with Crippen LogP contribution in [0.25, 0.3) is 0 Å². The zero-order chi connectivity index (χ0) is 21.4. The van der Waals surface area contributed by atoms with Crippen molar-refractivity contribution in [3.05, 3.63) is 104 Å². The van der Waals surface area contributed by atoms with Gasteiger partial charge < -0.3 is 0 Å². The van der Waals surface area contributed by atoms with Crippen LogP contribution < -0.4 is 4.90 Å². The van der Waals surface area contributed by atoms with Crippen molar-refractivity contribution in [2.24, 2.45) is 11.8 Å². The Kier molecular flexibility index (Phi) is 3.77. The monoisotopic (exact) mass is 474 g/mol. The summed E-state index contributed by atoms with van der Waals surface area (Å²) in [6.45, 7) is 0.